The number of rotatable bonds is 5. The molecule has 10 rings (SSSR count). The van der Waals surface area contributed by atoms with Crippen LogP contribution in [-0.4, -0.2) is 19.5 Å². The zero-order chi connectivity index (χ0) is 33.0. The van der Waals surface area contributed by atoms with Gasteiger partial charge in [0.15, 0.2) is 11.6 Å². The fourth-order valence-corrected chi connectivity index (χ4v) is 7.22. The molecule has 0 radical (unpaired) electrons. The van der Waals surface area contributed by atoms with Gasteiger partial charge in [-0.2, -0.15) is 9.97 Å². The molecule has 0 aliphatic rings. The third-order valence-corrected chi connectivity index (χ3v) is 9.48. The number of fused-ring (bicyclic) bond motifs is 6. The zero-order valence-corrected chi connectivity index (χ0v) is 26.9. The third kappa shape index (κ3) is 4.52. The Hall–Kier alpha value is -6.85. The molecule has 0 spiro atoms. The highest BCUT2D eigenvalue weighted by atomic mass is 16.3. The van der Waals surface area contributed by atoms with E-state index in [4.69, 9.17) is 19.4 Å². The van der Waals surface area contributed by atoms with Crippen LogP contribution < -0.4 is 0 Å². The monoisotopic (exact) mass is 640 g/mol. The summed E-state index contributed by atoms with van der Waals surface area (Å²) in [6.07, 6.45) is 0. The van der Waals surface area contributed by atoms with Crippen LogP contribution in [0.1, 0.15) is 0 Å². The SMILES string of the molecule is c1ccc(-c2nc(-c3ccccc3)nc(-n3c4ccccc4c4cc(-c5ccc6oc7ccccc7c6c5-c5ccccc5)ccc43)n2)cc1. The molecule has 0 aliphatic heterocycles. The standard InChI is InChI=1S/C45H28N4O/c1-4-14-29(15-5-1)41-33(25-27-40-42(41)35-21-11-13-23-39(35)50-40)32-24-26-38-36(28-32)34-20-10-12-22-37(34)49(38)45-47-43(30-16-6-2-7-17-30)46-44(48-45)31-18-8-3-9-19-31/h1-28H. The fraction of sp³-hybridized carbons (Fsp3) is 0. The summed E-state index contributed by atoms with van der Waals surface area (Å²) in [7, 11) is 0. The molecule has 5 nitrogen and oxygen atoms in total. The maximum Gasteiger partial charge on any atom is 0.238 e. The first-order valence-corrected chi connectivity index (χ1v) is 16.7. The number of nitrogens with zero attached hydrogens (tertiary/aromatic N) is 4. The van der Waals surface area contributed by atoms with Crippen LogP contribution in [0.25, 0.3) is 94.7 Å². The quantitative estimate of drug-likeness (QED) is 0.188. The van der Waals surface area contributed by atoms with Gasteiger partial charge in [0.2, 0.25) is 5.95 Å². The van der Waals surface area contributed by atoms with Crippen LogP contribution in [0, 0.1) is 0 Å². The first kappa shape index (κ1) is 28.2. The Kier molecular flexibility index (Phi) is 6.42. The number of aromatic nitrogens is 4. The number of hydrogen-bond donors (Lipinski definition) is 0. The van der Waals surface area contributed by atoms with E-state index < -0.39 is 0 Å². The van der Waals surface area contributed by atoms with Crippen molar-refractivity contribution in [1.29, 1.82) is 0 Å². The van der Waals surface area contributed by atoms with Gasteiger partial charge in [-0.05, 0) is 47.0 Å². The topological polar surface area (TPSA) is 56.7 Å². The van der Waals surface area contributed by atoms with Crippen molar-refractivity contribution in [3.05, 3.63) is 170 Å². The van der Waals surface area contributed by atoms with Crippen molar-refractivity contribution in [2.45, 2.75) is 0 Å². The van der Waals surface area contributed by atoms with Crippen molar-refractivity contribution < 1.29 is 4.42 Å². The Morgan fingerprint density at radius 3 is 1.68 bits per heavy atom. The molecule has 0 bridgehead atoms. The highest BCUT2D eigenvalue weighted by Crippen LogP contribution is 2.44. The van der Waals surface area contributed by atoms with Crippen molar-refractivity contribution in [1.82, 2.24) is 19.5 Å². The molecule has 7 aromatic carbocycles. The van der Waals surface area contributed by atoms with E-state index in [1.807, 2.05) is 72.8 Å². The predicted molar refractivity (Wildman–Crippen MR) is 203 cm³/mol. The van der Waals surface area contributed by atoms with E-state index in [2.05, 4.69) is 102 Å². The molecule has 5 heteroatoms. The van der Waals surface area contributed by atoms with Crippen molar-refractivity contribution in [2.24, 2.45) is 0 Å². The average Bonchev–Trinajstić information content (AvgIpc) is 3.74. The molecule has 0 N–H and O–H groups in total. The van der Waals surface area contributed by atoms with Gasteiger partial charge in [-0.3, -0.25) is 4.57 Å². The summed E-state index contributed by atoms with van der Waals surface area (Å²) < 4.78 is 8.51. The van der Waals surface area contributed by atoms with Crippen LogP contribution in [0.4, 0.5) is 0 Å². The van der Waals surface area contributed by atoms with Crippen LogP contribution in [-0.2, 0) is 0 Å². The number of para-hydroxylation sites is 2. The lowest BCUT2D eigenvalue weighted by molar-refractivity contribution is 0.669. The summed E-state index contributed by atoms with van der Waals surface area (Å²) in [5, 5.41) is 4.48. The van der Waals surface area contributed by atoms with Gasteiger partial charge in [-0.25, -0.2) is 4.98 Å². The largest absolute Gasteiger partial charge is 0.456 e. The summed E-state index contributed by atoms with van der Waals surface area (Å²) in [5.41, 5.74) is 10.3. The normalized spacial score (nSPS) is 11.6. The Labute approximate surface area is 287 Å². The summed E-state index contributed by atoms with van der Waals surface area (Å²) in [5.74, 6) is 1.84. The maximum absolute atomic E-state index is 6.35. The first-order valence-electron chi connectivity index (χ1n) is 16.7. The van der Waals surface area contributed by atoms with E-state index in [1.54, 1.807) is 0 Å². The van der Waals surface area contributed by atoms with E-state index in [9.17, 15) is 0 Å². The summed E-state index contributed by atoms with van der Waals surface area (Å²) in [6, 6.07) is 58.6. The highest BCUT2D eigenvalue weighted by molar-refractivity contribution is 6.17. The fourth-order valence-electron chi connectivity index (χ4n) is 7.22. The number of benzene rings is 7. The van der Waals surface area contributed by atoms with Crippen molar-refractivity contribution in [3.63, 3.8) is 0 Å². The third-order valence-electron chi connectivity index (χ3n) is 9.48. The molecule has 0 saturated heterocycles. The molecule has 50 heavy (non-hydrogen) atoms. The van der Waals surface area contributed by atoms with Crippen molar-refractivity contribution >= 4 is 43.7 Å². The molecule has 0 atom stereocenters. The minimum atomic E-state index is 0.577. The molecule has 0 fully saturated rings. The number of hydrogen-bond acceptors (Lipinski definition) is 4. The molecule has 234 valence electrons. The van der Waals surface area contributed by atoms with Crippen LogP contribution in [0.5, 0.6) is 0 Å². The minimum Gasteiger partial charge on any atom is -0.456 e. The van der Waals surface area contributed by atoms with Crippen LogP contribution >= 0.6 is 0 Å². The highest BCUT2D eigenvalue weighted by Gasteiger charge is 2.21. The zero-order valence-electron chi connectivity index (χ0n) is 26.9. The number of furan rings is 1. The van der Waals surface area contributed by atoms with E-state index in [-0.39, 0.29) is 0 Å². The first-order chi connectivity index (χ1) is 24.8. The van der Waals surface area contributed by atoms with Crippen LogP contribution in [0.15, 0.2) is 174 Å². The lowest BCUT2D eigenvalue weighted by atomic mass is 9.90. The Morgan fingerprint density at radius 2 is 0.980 bits per heavy atom. The summed E-state index contributed by atoms with van der Waals surface area (Å²) in [4.78, 5) is 15.1. The molecule has 10 aromatic rings. The lowest BCUT2D eigenvalue weighted by Gasteiger charge is -2.13. The molecule has 3 heterocycles. The second-order valence-electron chi connectivity index (χ2n) is 12.4. The second-order valence-corrected chi connectivity index (χ2v) is 12.4. The molecule has 0 saturated carbocycles. The van der Waals surface area contributed by atoms with E-state index in [0.29, 0.717) is 17.6 Å². The van der Waals surface area contributed by atoms with Gasteiger partial charge in [-0.15, -0.1) is 0 Å². The summed E-state index contributed by atoms with van der Waals surface area (Å²) >= 11 is 0. The van der Waals surface area contributed by atoms with Gasteiger partial charge >= 0.3 is 0 Å². The van der Waals surface area contributed by atoms with E-state index in [0.717, 1.165) is 77.1 Å². The summed E-state index contributed by atoms with van der Waals surface area (Å²) in [6.45, 7) is 0. The molecular formula is C45H28N4O. The molecule has 0 amide bonds. The molecular weight excluding hydrogens is 613 g/mol. The van der Waals surface area contributed by atoms with Gasteiger partial charge in [0.1, 0.15) is 11.2 Å². The predicted octanol–water partition coefficient (Wildman–Crippen LogP) is 11.5. The minimum absolute atomic E-state index is 0.577. The van der Waals surface area contributed by atoms with Gasteiger partial charge in [-0.1, -0.05) is 140 Å². The van der Waals surface area contributed by atoms with Gasteiger partial charge in [0.05, 0.1) is 11.0 Å². The van der Waals surface area contributed by atoms with Crippen molar-refractivity contribution in [2.75, 3.05) is 0 Å². The van der Waals surface area contributed by atoms with E-state index >= 15 is 0 Å². The van der Waals surface area contributed by atoms with Crippen LogP contribution in [0.3, 0.4) is 0 Å². The average molecular weight is 641 g/mol. The van der Waals surface area contributed by atoms with Gasteiger partial charge < -0.3 is 4.42 Å². The van der Waals surface area contributed by atoms with Crippen molar-refractivity contribution in [3.8, 4) is 51.0 Å². The Bertz CT molecular complexity index is 2800. The Morgan fingerprint density at radius 1 is 0.400 bits per heavy atom. The van der Waals surface area contributed by atoms with Crippen LogP contribution in [0.2, 0.25) is 0 Å². The lowest BCUT2D eigenvalue weighted by Crippen LogP contribution is -2.06. The second kappa shape index (κ2) is 11.4. The maximum atomic E-state index is 6.35. The molecule has 0 aliphatic carbocycles. The van der Waals surface area contributed by atoms with E-state index in [1.165, 1.54) is 0 Å². The molecule has 3 aromatic heterocycles. The van der Waals surface area contributed by atoms with Gasteiger partial charge in [0, 0.05) is 38.2 Å². The Balaban J connectivity index is 1.23. The smallest absolute Gasteiger partial charge is 0.238 e. The van der Waals surface area contributed by atoms with Gasteiger partial charge in [0.25, 0.3) is 0 Å². The molecule has 0 unspecified atom stereocenters.